The molecule has 19 heavy (non-hydrogen) atoms. The summed E-state index contributed by atoms with van der Waals surface area (Å²) in [6.45, 7) is 5.16. The summed E-state index contributed by atoms with van der Waals surface area (Å²) in [5.41, 5.74) is 5.20. The molecule has 0 aromatic carbocycles. The van der Waals surface area contributed by atoms with Crippen molar-refractivity contribution < 1.29 is 13.6 Å². The first-order valence-corrected chi connectivity index (χ1v) is 9.28. The third-order valence-electron chi connectivity index (χ3n) is 3.51. The van der Waals surface area contributed by atoms with Gasteiger partial charge < -0.3 is 10.9 Å². The molecule has 1 saturated heterocycles. The Balaban J connectivity index is 2.69. The van der Waals surface area contributed by atoms with E-state index in [9.17, 15) is 8.42 Å². The molecule has 1 atom stereocenters. The van der Waals surface area contributed by atoms with Crippen molar-refractivity contribution in [2.45, 2.75) is 25.6 Å². The summed E-state index contributed by atoms with van der Waals surface area (Å²) in [5.74, 6) is 1.73. The molecule has 0 aromatic rings. The first-order valence-electron chi connectivity index (χ1n) is 6.17. The van der Waals surface area contributed by atoms with Gasteiger partial charge in [-0.05, 0) is 6.42 Å². The highest BCUT2D eigenvalue weighted by molar-refractivity contribution is 8.00. The highest BCUT2D eigenvalue weighted by atomic mass is 32.2. The van der Waals surface area contributed by atoms with Crippen molar-refractivity contribution in [2.24, 2.45) is 16.3 Å². The molecule has 1 rings (SSSR count). The Labute approximate surface area is 119 Å². The normalized spacial score (nSPS) is 23.5. The fourth-order valence-electron chi connectivity index (χ4n) is 1.95. The molecule has 1 aliphatic rings. The molecule has 0 aromatic heterocycles. The molecule has 0 aliphatic carbocycles. The van der Waals surface area contributed by atoms with E-state index in [0.717, 1.165) is 12.3 Å². The summed E-state index contributed by atoms with van der Waals surface area (Å²) in [4.78, 5) is 1.98. The Bertz CT molecular complexity index is 434. The highest BCUT2D eigenvalue weighted by Gasteiger charge is 2.32. The number of hydrogen-bond donors (Lipinski definition) is 2. The molecule has 0 radical (unpaired) electrons. The predicted octanol–water partition coefficient (Wildman–Crippen LogP) is 0.569. The van der Waals surface area contributed by atoms with Crippen LogP contribution >= 0.6 is 11.8 Å². The van der Waals surface area contributed by atoms with Crippen LogP contribution in [0.15, 0.2) is 5.16 Å². The fourth-order valence-corrected chi connectivity index (χ4v) is 4.92. The second-order valence-electron chi connectivity index (χ2n) is 5.51. The predicted molar refractivity (Wildman–Crippen MR) is 79.3 cm³/mol. The SMILES string of the molecule is CC(C)(CCN1CCSCC1S(C)(=O)=O)C(N)=NO. The average Bonchev–Trinajstić information content (AvgIpc) is 2.34. The molecular weight excluding hydrogens is 286 g/mol. The molecule has 1 aliphatic heterocycles. The quantitative estimate of drug-likeness (QED) is 0.333. The summed E-state index contributed by atoms with van der Waals surface area (Å²) in [7, 11) is -3.07. The second-order valence-corrected chi connectivity index (χ2v) is 8.87. The molecule has 0 saturated carbocycles. The Morgan fingerprint density at radius 2 is 2.21 bits per heavy atom. The second kappa shape index (κ2) is 6.32. The third-order valence-corrected chi connectivity index (χ3v) is 6.20. The number of hydrogen-bond acceptors (Lipinski definition) is 6. The minimum Gasteiger partial charge on any atom is -0.409 e. The Morgan fingerprint density at radius 1 is 1.58 bits per heavy atom. The van der Waals surface area contributed by atoms with E-state index in [-0.39, 0.29) is 5.84 Å². The summed E-state index contributed by atoms with van der Waals surface area (Å²) in [6, 6.07) is 0. The standard InChI is InChI=1S/C11H23N3O3S2/c1-11(2,10(12)13-15)4-5-14-6-7-18-8-9(14)19(3,16)17/h9,15H,4-8H2,1-3H3,(H2,12,13). The van der Waals surface area contributed by atoms with Gasteiger partial charge in [-0.15, -0.1) is 0 Å². The summed E-state index contributed by atoms with van der Waals surface area (Å²) >= 11 is 1.67. The maximum atomic E-state index is 11.8. The maximum absolute atomic E-state index is 11.8. The van der Waals surface area contributed by atoms with E-state index < -0.39 is 20.6 Å². The molecule has 6 nitrogen and oxygen atoms in total. The van der Waals surface area contributed by atoms with E-state index >= 15 is 0 Å². The van der Waals surface area contributed by atoms with Gasteiger partial charge in [0.2, 0.25) is 0 Å². The van der Waals surface area contributed by atoms with Crippen molar-refractivity contribution in [3.05, 3.63) is 0 Å². The van der Waals surface area contributed by atoms with Gasteiger partial charge in [0.25, 0.3) is 0 Å². The van der Waals surface area contributed by atoms with Gasteiger partial charge >= 0.3 is 0 Å². The number of rotatable bonds is 5. The van der Waals surface area contributed by atoms with Crippen LogP contribution in [-0.4, -0.2) is 60.6 Å². The van der Waals surface area contributed by atoms with Crippen LogP contribution < -0.4 is 5.73 Å². The number of sulfone groups is 1. The maximum Gasteiger partial charge on any atom is 0.164 e. The lowest BCUT2D eigenvalue weighted by Crippen LogP contribution is -2.48. The van der Waals surface area contributed by atoms with E-state index in [1.807, 2.05) is 18.7 Å². The number of thioether (sulfide) groups is 1. The third kappa shape index (κ3) is 4.54. The van der Waals surface area contributed by atoms with Gasteiger partial charge in [0, 0.05) is 36.3 Å². The Hall–Kier alpha value is -0.470. The average molecular weight is 309 g/mol. The monoisotopic (exact) mass is 309 g/mol. The van der Waals surface area contributed by atoms with Crippen LogP contribution in [-0.2, 0) is 9.84 Å². The molecule has 8 heteroatoms. The van der Waals surface area contributed by atoms with E-state index in [1.54, 1.807) is 11.8 Å². The molecule has 0 amide bonds. The minimum atomic E-state index is -3.07. The van der Waals surface area contributed by atoms with Crippen LogP contribution in [0, 0.1) is 5.41 Å². The van der Waals surface area contributed by atoms with Gasteiger partial charge in [0.05, 0.1) is 0 Å². The van der Waals surface area contributed by atoms with Gasteiger partial charge in [-0.1, -0.05) is 19.0 Å². The molecule has 3 N–H and O–H groups in total. The van der Waals surface area contributed by atoms with E-state index in [0.29, 0.717) is 18.7 Å². The fraction of sp³-hybridized carbons (Fsp3) is 0.909. The molecule has 1 unspecified atom stereocenters. The largest absolute Gasteiger partial charge is 0.409 e. The first kappa shape index (κ1) is 16.6. The van der Waals surface area contributed by atoms with Gasteiger partial charge in [-0.3, -0.25) is 4.90 Å². The van der Waals surface area contributed by atoms with Crippen LogP contribution in [0.3, 0.4) is 0 Å². The zero-order valence-electron chi connectivity index (χ0n) is 11.7. The van der Waals surface area contributed by atoms with E-state index in [2.05, 4.69) is 5.16 Å². The van der Waals surface area contributed by atoms with Crippen LogP contribution in [0.4, 0.5) is 0 Å². The first-order chi connectivity index (χ1) is 8.68. The van der Waals surface area contributed by atoms with Gasteiger partial charge in [0.1, 0.15) is 11.2 Å². The summed E-state index contributed by atoms with van der Waals surface area (Å²) in [6.07, 6.45) is 1.94. The van der Waals surface area contributed by atoms with Gasteiger partial charge in [-0.2, -0.15) is 11.8 Å². The van der Waals surface area contributed by atoms with Crippen LogP contribution in [0.25, 0.3) is 0 Å². The van der Waals surface area contributed by atoms with Gasteiger partial charge in [0.15, 0.2) is 9.84 Å². The smallest absolute Gasteiger partial charge is 0.164 e. The van der Waals surface area contributed by atoms with Crippen molar-refractivity contribution in [2.75, 3.05) is 30.9 Å². The number of nitrogens with two attached hydrogens (primary N) is 1. The van der Waals surface area contributed by atoms with Crippen molar-refractivity contribution in [1.29, 1.82) is 0 Å². The number of nitrogens with zero attached hydrogens (tertiary/aromatic N) is 2. The van der Waals surface area contributed by atoms with Crippen molar-refractivity contribution in [1.82, 2.24) is 4.90 Å². The van der Waals surface area contributed by atoms with Crippen LogP contribution in [0.1, 0.15) is 20.3 Å². The summed E-state index contributed by atoms with van der Waals surface area (Å²) < 4.78 is 23.5. The van der Waals surface area contributed by atoms with Crippen molar-refractivity contribution >= 4 is 27.4 Å². The van der Waals surface area contributed by atoms with Crippen LogP contribution in [0.5, 0.6) is 0 Å². The number of amidine groups is 1. The zero-order valence-corrected chi connectivity index (χ0v) is 13.3. The lowest BCUT2D eigenvalue weighted by Gasteiger charge is -2.36. The van der Waals surface area contributed by atoms with Crippen molar-refractivity contribution in [3.8, 4) is 0 Å². The molecular formula is C11H23N3O3S2. The van der Waals surface area contributed by atoms with Crippen molar-refractivity contribution in [3.63, 3.8) is 0 Å². The molecule has 1 heterocycles. The molecule has 112 valence electrons. The topological polar surface area (TPSA) is 96.0 Å². The molecule has 1 fully saturated rings. The van der Waals surface area contributed by atoms with Gasteiger partial charge in [-0.25, -0.2) is 8.42 Å². The lowest BCUT2D eigenvalue weighted by atomic mass is 9.88. The van der Waals surface area contributed by atoms with Crippen LogP contribution in [0.2, 0.25) is 0 Å². The minimum absolute atomic E-state index is 0.176. The zero-order chi connectivity index (χ0) is 14.7. The number of oxime groups is 1. The molecule has 0 spiro atoms. The van der Waals surface area contributed by atoms with E-state index in [4.69, 9.17) is 10.9 Å². The van der Waals surface area contributed by atoms with E-state index in [1.165, 1.54) is 6.26 Å². The highest BCUT2D eigenvalue weighted by Crippen LogP contribution is 2.25. The summed E-state index contributed by atoms with van der Waals surface area (Å²) in [5, 5.41) is 11.4. The Morgan fingerprint density at radius 3 is 2.74 bits per heavy atom. The Kier molecular flexibility index (Phi) is 5.52. The molecule has 0 bridgehead atoms. The lowest BCUT2D eigenvalue weighted by molar-refractivity contribution is 0.237.